The molecule has 10 nitrogen and oxygen atoms in total. The first-order chi connectivity index (χ1) is 16.1. The number of nitrogen functional groups attached to an aromatic ring is 1. The number of benzene rings is 1. The summed E-state index contributed by atoms with van der Waals surface area (Å²) in [6.07, 6.45) is 0.717. The van der Waals surface area contributed by atoms with Crippen molar-refractivity contribution in [3.05, 3.63) is 30.6 Å². The predicted molar refractivity (Wildman–Crippen MR) is 132 cm³/mol. The van der Waals surface area contributed by atoms with Crippen molar-refractivity contribution >= 4 is 36.5 Å². The zero-order valence-corrected chi connectivity index (χ0v) is 22.0. The first-order valence-electron chi connectivity index (χ1n) is 11.0. The summed E-state index contributed by atoms with van der Waals surface area (Å²) < 4.78 is 37.0. The van der Waals surface area contributed by atoms with E-state index >= 15 is 0 Å². The van der Waals surface area contributed by atoms with Crippen LogP contribution in [-0.2, 0) is 24.9 Å². The molecular weight excluding hydrogens is 477 g/mol. The average Bonchev–Trinajstić information content (AvgIpc) is 3.14. The van der Waals surface area contributed by atoms with Crippen molar-refractivity contribution in [2.45, 2.75) is 69.4 Å². The third kappa shape index (κ3) is 7.16. The van der Waals surface area contributed by atoms with E-state index in [0.717, 1.165) is 10.6 Å². The van der Waals surface area contributed by atoms with Crippen LogP contribution in [0.5, 0.6) is 5.75 Å². The average molecular weight is 510 g/mol. The van der Waals surface area contributed by atoms with Crippen molar-refractivity contribution in [1.29, 1.82) is 0 Å². The summed E-state index contributed by atoms with van der Waals surface area (Å²) in [6.45, 7) is 9.53. The number of hydrogen-bond donors (Lipinski definition) is 1. The maximum atomic E-state index is 13.0. The predicted octanol–water partition coefficient (Wildman–Crippen LogP) is 4.97. The molecule has 0 bridgehead atoms. The summed E-state index contributed by atoms with van der Waals surface area (Å²) >= 11 is 1.44. The third-order valence-corrected chi connectivity index (χ3v) is 7.37. The number of nitrogens with two attached hydrogens (primary N) is 1. The van der Waals surface area contributed by atoms with Crippen LogP contribution in [-0.4, -0.2) is 51.3 Å². The van der Waals surface area contributed by atoms with E-state index in [0.29, 0.717) is 22.7 Å². The van der Waals surface area contributed by atoms with Crippen LogP contribution in [0.3, 0.4) is 0 Å². The SMILES string of the molecule is COc1ccc(Sc2nc(N)nc3c2ncn3C[C@@H](C)OCP(=O)(OC(C)C)OC(C)C)cc1. The largest absolute Gasteiger partial charge is 0.497 e. The standard InChI is InChI=1S/C22H32N5O5PS/c1-14(2)31-33(28,32-15(3)4)13-30-16(5)11-27-12-24-19-20(27)25-22(23)26-21(19)34-18-9-7-17(29-6)8-10-18/h7-10,12,14-16H,11,13H2,1-6H3,(H2,23,25,26)/t16-/m1/s1. The van der Waals surface area contributed by atoms with E-state index in [4.69, 9.17) is 24.3 Å². The number of fused-ring (bicyclic) bond motifs is 1. The van der Waals surface area contributed by atoms with Gasteiger partial charge in [0.05, 0.1) is 38.3 Å². The molecule has 1 aromatic carbocycles. The van der Waals surface area contributed by atoms with Gasteiger partial charge < -0.3 is 28.8 Å². The van der Waals surface area contributed by atoms with Crippen LogP contribution in [0.15, 0.2) is 40.5 Å². The van der Waals surface area contributed by atoms with Crippen molar-refractivity contribution in [3.8, 4) is 5.75 Å². The first kappa shape index (κ1) is 26.4. The van der Waals surface area contributed by atoms with Crippen LogP contribution in [0.25, 0.3) is 11.2 Å². The molecule has 3 rings (SSSR count). The van der Waals surface area contributed by atoms with E-state index in [1.807, 2.05) is 63.5 Å². The summed E-state index contributed by atoms with van der Waals surface area (Å²) in [5.74, 6) is 0.927. The van der Waals surface area contributed by atoms with E-state index < -0.39 is 7.60 Å². The van der Waals surface area contributed by atoms with Gasteiger partial charge in [-0.15, -0.1) is 0 Å². The summed E-state index contributed by atoms with van der Waals surface area (Å²) in [6, 6.07) is 7.65. The fourth-order valence-electron chi connectivity index (χ4n) is 3.17. The molecule has 34 heavy (non-hydrogen) atoms. The second kappa shape index (κ2) is 11.5. The number of ether oxygens (including phenoxy) is 2. The fourth-order valence-corrected chi connectivity index (χ4v) is 5.94. The van der Waals surface area contributed by atoms with Crippen molar-refractivity contribution in [1.82, 2.24) is 19.5 Å². The van der Waals surface area contributed by atoms with E-state index in [9.17, 15) is 4.57 Å². The molecule has 0 saturated heterocycles. The lowest BCUT2D eigenvalue weighted by molar-refractivity contribution is 0.0549. The Labute approximate surface area is 204 Å². The Bertz CT molecular complexity index is 1120. The molecule has 0 aliphatic carbocycles. The van der Waals surface area contributed by atoms with Gasteiger partial charge in [-0.2, -0.15) is 4.98 Å². The lowest BCUT2D eigenvalue weighted by Crippen LogP contribution is -2.19. The molecule has 0 fully saturated rings. The minimum atomic E-state index is -3.39. The minimum Gasteiger partial charge on any atom is -0.497 e. The Balaban J connectivity index is 1.74. The summed E-state index contributed by atoms with van der Waals surface area (Å²) in [5.41, 5.74) is 7.23. The van der Waals surface area contributed by atoms with Crippen LogP contribution in [0.4, 0.5) is 5.95 Å². The summed E-state index contributed by atoms with van der Waals surface area (Å²) in [4.78, 5) is 14.2. The number of rotatable bonds is 12. The van der Waals surface area contributed by atoms with E-state index in [1.54, 1.807) is 13.4 Å². The van der Waals surface area contributed by atoms with Crippen LogP contribution >= 0.6 is 19.4 Å². The molecule has 186 valence electrons. The number of aromatic nitrogens is 4. The highest BCUT2D eigenvalue weighted by Crippen LogP contribution is 2.50. The van der Waals surface area contributed by atoms with Crippen molar-refractivity contribution in [3.63, 3.8) is 0 Å². The fraction of sp³-hybridized carbons (Fsp3) is 0.500. The molecule has 0 saturated carbocycles. The minimum absolute atomic E-state index is 0.146. The molecule has 1 atom stereocenters. The monoisotopic (exact) mass is 509 g/mol. The molecule has 0 spiro atoms. The number of anilines is 1. The summed E-state index contributed by atoms with van der Waals surface area (Å²) in [7, 11) is -1.76. The highest BCUT2D eigenvalue weighted by atomic mass is 32.2. The topological polar surface area (TPSA) is 124 Å². The highest BCUT2D eigenvalue weighted by molar-refractivity contribution is 7.99. The Morgan fingerprint density at radius 2 is 1.71 bits per heavy atom. The van der Waals surface area contributed by atoms with Gasteiger partial charge in [-0.3, -0.25) is 4.57 Å². The van der Waals surface area contributed by atoms with Gasteiger partial charge >= 0.3 is 7.60 Å². The molecular formula is C22H32N5O5PS. The van der Waals surface area contributed by atoms with Gasteiger partial charge in [-0.05, 0) is 58.9 Å². The maximum absolute atomic E-state index is 13.0. The molecule has 0 radical (unpaired) electrons. The van der Waals surface area contributed by atoms with Gasteiger partial charge in [0.1, 0.15) is 22.6 Å². The van der Waals surface area contributed by atoms with Gasteiger partial charge in [0.25, 0.3) is 0 Å². The van der Waals surface area contributed by atoms with Crippen LogP contribution in [0, 0.1) is 0 Å². The van der Waals surface area contributed by atoms with E-state index in [-0.39, 0.29) is 30.6 Å². The second-order valence-electron chi connectivity index (χ2n) is 8.26. The van der Waals surface area contributed by atoms with Gasteiger partial charge in [0.15, 0.2) is 5.65 Å². The number of imidazole rings is 1. The molecule has 0 unspecified atom stereocenters. The number of nitrogens with zero attached hydrogens (tertiary/aromatic N) is 4. The van der Waals surface area contributed by atoms with Crippen LogP contribution in [0.1, 0.15) is 34.6 Å². The Hall–Kier alpha value is -2.17. The third-order valence-electron chi connectivity index (χ3n) is 4.44. The quantitative estimate of drug-likeness (QED) is 0.264. The van der Waals surface area contributed by atoms with Gasteiger partial charge in [0.2, 0.25) is 5.95 Å². The Kier molecular flexibility index (Phi) is 8.95. The Morgan fingerprint density at radius 3 is 2.29 bits per heavy atom. The molecule has 3 aromatic rings. The van der Waals surface area contributed by atoms with Gasteiger partial charge in [-0.25, -0.2) is 9.97 Å². The van der Waals surface area contributed by atoms with Crippen LogP contribution in [0.2, 0.25) is 0 Å². The first-order valence-corrected chi connectivity index (χ1v) is 13.5. The second-order valence-corrected chi connectivity index (χ2v) is 11.2. The zero-order valence-electron chi connectivity index (χ0n) is 20.3. The van der Waals surface area contributed by atoms with Gasteiger partial charge in [0, 0.05) is 4.90 Å². The van der Waals surface area contributed by atoms with E-state index in [2.05, 4.69) is 15.0 Å². The lowest BCUT2D eigenvalue weighted by Gasteiger charge is -2.24. The van der Waals surface area contributed by atoms with Crippen molar-refractivity contribution in [2.24, 2.45) is 0 Å². The number of methoxy groups -OCH3 is 1. The molecule has 2 aromatic heterocycles. The highest BCUT2D eigenvalue weighted by Gasteiger charge is 2.29. The lowest BCUT2D eigenvalue weighted by atomic mass is 10.3. The van der Waals surface area contributed by atoms with Crippen molar-refractivity contribution in [2.75, 3.05) is 19.2 Å². The molecule has 12 heteroatoms. The van der Waals surface area contributed by atoms with Gasteiger partial charge in [-0.1, -0.05) is 11.8 Å². The molecule has 0 aliphatic rings. The maximum Gasteiger partial charge on any atom is 0.356 e. The number of hydrogen-bond acceptors (Lipinski definition) is 10. The van der Waals surface area contributed by atoms with Crippen LogP contribution < -0.4 is 10.5 Å². The zero-order chi connectivity index (χ0) is 24.9. The van der Waals surface area contributed by atoms with Crippen molar-refractivity contribution < 1.29 is 23.1 Å². The van der Waals surface area contributed by atoms with E-state index in [1.165, 1.54) is 11.8 Å². The molecule has 0 aliphatic heterocycles. The molecule has 0 amide bonds. The Morgan fingerprint density at radius 1 is 1.06 bits per heavy atom. The summed E-state index contributed by atoms with van der Waals surface area (Å²) in [5, 5.41) is 0.653. The molecule has 2 N–H and O–H groups in total. The smallest absolute Gasteiger partial charge is 0.356 e. The molecule has 2 heterocycles. The normalized spacial score (nSPS) is 13.2.